The van der Waals surface area contributed by atoms with E-state index in [1.165, 1.54) is 11.3 Å². The number of fused-ring (bicyclic) bond motifs is 1. The number of halogens is 1. The van der Waals surface area contributed by atoms with Gasteiger partial charge >= 0.3 is 12.1 Å². The van der Waals surface area contributed by atoms with Crippen molar-refractivity contribution in [1.29, 1.82) is 0 Å². The van der Waals surface area contributed by atoms with Crippen molar-refractivity contribution in [2.45, 2.75) is 6.92 Å². The van der Waals surface area contributed by atoms with Crippen molar-refractivity contribution in [3.05, 3.63) is 47.5 Å². The molecule has 180 valence electrons. The van der Waals surface area contributed by atoms with Crippen LogP contribution in [0.2, 0.25) is 5.02 Å². The number of nitrogens with one attached hydrogen (secondary N) is 2. The molecule has 0 radical (unpaired) electrons. The second kappa shape index (κ2) is 11.5. The van der Waals surface area contributed by atoms with Crippen LogP contribution in [0.15, 0.2) is 42.5 Å². The van der Waals surface area contributed by atoms with Crippen molar-refractivity contribution < 1.29 is 19.1 Å². The minimum absolute atomic E-state index is 0.246. The SMILES string of the molecule is CCOC(=O)Nc1nc2ccc(N(CCN3CCOCC3)C(=O)Nc3ccc(Cl)cc3)cc2s1. The summed E-state index contributed by atoms with van der Waals surface area (Å²) in [6.45, 7) is 6.30. The molecule has 0 atom stereocenters. The zero-order valence-electron chi connectivity index (χ0n) is 18.8. The summed E-state index contributed by atoms with van der Waals surface area (Å²) in [4.78, 5) is 33.4. The summed E-state index contributed by atoms with van der Waals surface area (Å²) in [6.07, 6.45) is -0.545. The number of carbonyl (C=O) groups is 2. The Kier molecular flexibility index (Phi) is 8.17. The van der Waals surface area contributed by atoms with Gasteiger partial charge in [0.25, 0.3) is 0 Å². The number of hydrogen-bond donors (Lipinski definition) is 2. The Morgan fingerprint density at radius 2 is 1.94 bits per heavy atom. The number of thiazole rings is 1. The third-order valence-corrected chi connectivity index (χ3v) is 6.44. The van der Waals surface area contributed by atoms with Gasteiger partial charge in [-0.2, -0.15) is 0 Å². The number of nitrogens with zero attached hydrogens (tertiary/aromatic N) is 3. The molecule has 2 aromatic carbocycles. The lowest BCUT2D eigenvalue weighted by Crippen LogP contribution is -2.44. The topological polar surface area (TPSA) is 96.0 Å². The maximum atomic E-state index is 13.3. The van der Waals surface area contributed by atoms with E-state index in [2.05, 4.69) is 20.5 Å². The highest BCUT2D eigenvalue weighted by molar-refractivity contribution is 7.22. The third kappa shape index (κ3) is 6.35. The first-order valence-electron chi connectivity index (χ1n) is 11.0. The first kappa shape index (κ1) is 24.2. The summed E-state index contributed by atoms with van der Waals surface area (Å²) >= 11 is 7.29. The van der Waals surface area contributed by atoms with Gasteiger partial charge in [0.15, 0.2) is 5.13 Å². The van der Waals surface area contributed by atoms with E-state index in [-0.39, 0.29) is 12.6 Å². The number of rotatable bonds is 7. The van der Waals surface area contributed by atoms with E-state index in [9.17, 15) is 9.59 Å². The second-order valence-corrected chi connectivity index (χ2v) is 9.03. The van der Waals surface area contributed by atoms with Crippen LogP contribution in [0, 0.1) is 0 Å². The zero-order chi connectivity index (χ0) is 23.9. The monoisotopic (exact) mass is 503 g/mol. The Morgan fingerprint density at radius 1 is 1.18 bits per heavy atom. The molecule has 1 fully saturated rings. The Balaban J connectivity index is 1.55. The van der Waals surface area contributed by atoms with E-state index in [1.807, 2.05) is 18.2 Å². The maximum absolute atomic E-state index is 13.3. The summed E-state index contributed by atoms with van der Waals surface area (Å²) in [7, 11) is 0. The molecule has 3 aromatic rings. The molecule has 0 saturated carbocycles. The predicted octanol–water partition coefficient (Wildman–Crippen LogP) is 4.89. The Bertz CT molecular complexity index is 1130. The van der Waals surface area contributed by atoms with E-state index in [0.717, 1.165) is 29.0 Å². The van der Waals surface area contributed by atoms with Gasteiger partial charge < -0.3 is 14.8 Å². The molecule has 34 heavy (non-hydrogen) atoms. The standard InChI is InChI=1S/C23H26ClN5O4S/c1-2-33-23(31)27-21-26-19-8-7-18(15-20(19)34-21)29(10-9-28-11-13-32-14-12-28)22(30)25-17-5-3-16(24)4-6-17/h3-8,15H,2,9-14H2,1H3,(H,25,30)(H,26,27,31). The van der Waals surface area contributed by atoms with Crippen molar-refractivity contribution in [2.24, 2.45) is 0 Å². The number of hydrogen-bond acceptors (Lipinski definition) is 7. The average molecular weight is 504 g/mol. The highest BCUT2D eigenvalue weighted by Crippen LogP contribution is 2.30. The summed E-state index contributed by atoms with van der Waals surface area (Å²) in [5.41, 5.74) is 2.12. The smallest absolute Gasteiger partial charge is 0.413 e. The van der Waals surface area contributed by atoms with Gasteiger partial charge in [-0.3, -0.25) is 15.1 Å². The van der Waals surface area contributed by atoms with Gasteiger partial charge in [-0.05, 0) is 49.4 Å². The number of aromatic nitrogens is 1. The number of benzene rings is 2. The van der Waals surface area contributed by atoms with E-state index in [1.54, 1.807) is 36.1 Å². The first-order valence-corrected chi connectivity index (χ1v) is 12.2. The van der Waals surface area contributed by atoms with Gasteiger partial charge in [0.05, 0.1) is 30.0 Å². The number of carbonyl (C=O) groups excluding carboxylic acids is 2. The number of amides is 3. The molecular weight excluding hydrogens is 478 g/mol. The maximum Gasteiger partial charge on any atom is 0.413 e. The predicted molar refractivity (Wildman–Crippen MR) is 135 cm³/mol. The van der Waals surface area contributed by atoms with E-state index in [4.69, 9.17) is 21.1 Å². The fourth-order valence-electron chi connectivity index (χ4n) is 3.53. The van der Waals surface area contributed by atoms with Crippen LogP contribution >= 0.6 is 22.9 Å². The van der Waals surface area contributed by atoms with E-state index in [0.29, 0.717) is 42.1 Å². The molecule has 1 aliphatic rings. The van der Waals surface area contributed by atoms with Gasteiger partial charge in [-0.15, -0.1) is 0 Å². The molecule has 1 saturated heterocycles. The first-order chi connectivity index (χ1) is 16.5. The second-order valence-electron chi connectivity index (χ2n) is 7.56. The fourth-order valence-corrected chi connectivity index (χ4v) is 4.54. The molecule has 0 spiro atoms. The van der Waals surface area contributed by atoms with Gasteiger partial charge in [0.2, 0.25) is 0 Å². The van der Waals surface area contributed by atoms with Gasteiger partial charge in [0, 0.05) is 42.6 Å². The summed E-state index contributed by atoms with van der Waals surface area (Å²) in [6, 6.07) is 12.4. The van der Waals surface area contributed by atoms with Crippen molar-refractivity contribution in [1.82, 2.24) is 9.88 Å². The Morgan fingerprint density at radius 3 is 2.68 bits per heavy atom. The van der Waals surface area contributed by atoms with Crippen LogP contribution in [0.5, 0.6) is 0 Å². The lowest BCUT2D eigenvalue weighted by atomic mass is 10.2. The number of anilines is 3. The van der Waals surface area contributed by atoms with Crippen molar-refractivity contribution in [3.8, 4) is 0 Å². The number of ether oxygens (including phenoxy) is 2. The van der Waals surface area contributed by atoms with Crippen LogP contribution in [0.25, 0.3) is 10.2 Å². The molecule has 2 N–H and O–H groups in total. The van der Waals surface area contributed by atoms with Crippen molar-refractivity contribution in [2.75, 3.05) is 61.5 Å². The highest BCUT2D eigenvalue weighted by Gasteiger charge is 2.20. The number of urea groups is 1. The molecule has 11 heteroatoms. The van der Waals surface area contributed by atoms with Crippen LogP contribution in [-0.4, -0.2) is 68.0 Å². The minimum Gasteiger partial charge on any atom is -0.450 e. The molecular formula is C23H26ClN5O4S. The summed E-state index contributed by atoms with van der Waals surface area (Å²) in [5, 5.41) is 6.62. The Labute approximate surface area is 206 Å². The van der Waals surface area contributed by atoms with Gasteiger partial charge in [-0.25, -0.2) is 14.6 Å². The zero-order valence-corrected chi connectivity index (χ0v) is 20.3. The van der Waals surface area contributed by atoms with Crippen LogP contribution in [-0.2, 0) is 9.47 Å². The third-order valence-electron chi connectivity index (χ3n) is 5.25. The lowest BCUT2D eigenvalue weighted by Gasteiger charge is -2.30. The summed E-state index contributed by atoms with van der Waals surface area (Å²) < 4.78 is 11.2. The molecule has 1 aliphatic heterocycles. The molecule has 9 nitrogen and oxygen atoms in total. The van der Waals surface area contributed by atoms with Crippen molar-refractivity contribution >= 4 is 61.8 Å². The Hall–Kier alpha value is -2.92. The van der Waals surface area contributed by atoms with Crippen LogP contribution < -0.4 is 15.5 Å². The normalized spacial score (nSPS) is 14.1. The van der Waals surface area contributed by atoms with Crippen molar-refractivity contribution in [3.63, 3.8) is 0 Å². The molecule has 2 heterocycles. The van der Waals surface area contributed by atoms with Crippen LogP contribution in [0.1, 0.15) is 6.92 Å². The fraction of sp³-hybridized carbons (Fsp3) is 0.348. The molecule has 4 rings (SSSR count). The largest absolute Gasteiger partial charge is 0.450 e. The lowest BCUT2D eigenvalue weighted by molar-refractivity contribution is 0.0393. The van der Waals surface area contributed by atoms with Gasteiger partial charge in [-0.1, -0.05) is 22.9 Å². The molecule has 0 unspecified atom stereocenters. The summed E-state index contributed by atoms with van der Waals surface area (Å²) in [5.74, 6) is 0. The molecule has 0 bridgehead atoms. The van der Waals surface area contributed by atoms with E-state index >= 15 is 0 Å². The number of morpholine rings is 1. The molecule has 1 aromatic heterocycles. The van der Waals surface area contributed by atoms with Crippen LogP contribution in [0.3, 0.4) is 0 Å². The highest BCUT2D eigenvalue weighted by atomic mass is 35.5. The quantitative estimate of drug-likeness (QED) is 0.476. The average Bonchev–Trinajstić information content (AvgIpc) is 3.23. The minimum atomic E-state index is -0.545. The molecule has 0 aliphatic carbocycles. The van der Waals surface area contributed by atoms with E-state index < -0.39 is 6.09 Å². The molecule has 3 amide bonds. The van der Waals surface area contributed by atoms with Gasteiger partial charge in [0.1, 0.15) is 0 Å². The van der Waals surface area contributed by atoms with Crippen LogP contribution in [0.4, 0.5) is 26.1 Å².